The topological polar surface area (TPSA) is 46.2 Å². The molecule has 1 aromatic rings. The lowest BCUT2D eigenvalue weighted by atomic mass is 10.5. The third-order valence-corrected chi connectivity index (χ3v) is 5.41. The number of hydrogen-bond donors (Lipinski definition) is 1. The van der Waals surface area contributed by atoms with Crippen molar-refractivity contribution in [2.75, 3.05) is 0 Å². The fourth-order valence-corrected chi connectivity index (χ4v) is 4.62. The van der Waals surface area contributed by atoms with Crippen molar-refractivity contribution in [2.24, 2.45) is 0 Å². The van der Waals surface area contributed by atoms with E-state index >= 15 is 0 Å². The number of hydrogen-bond acceptors (Lipinski definition) is 3. The minimum Gasteiger partial charge on any atom is -0.212 e. The van der Waals surface area contributed by atoms with Crippen LogP contribution in [0.15, 0.2) is 15.9 Å². The van der Waals surface area contributed by atoms with Crippen LogP contribution in [0.3, 0.4) is 0 Å². The first-order chi connectivity index (χ1) is 6.57. The van der Waals surface area contributed by atoms with E-state index in [-0.39, 0.29) is 11.8 Å². The third-order valence-electron chi connectivity index (χ3n) is 1.94. The van der Waals surface area contributed by atoms with Crippen LogP contribution in [-0.4, -0.2) is 14.5 Å². The van der Waals surface area contributed by atoms with Crippen molar-refractivity contribution in [3.63, 3.8) is 0 Å². The Kier molecular flexibility index (Phi) is 2.97. The first-order valence-electron chi connectivity index (χ1n) is 4.29. The van der Waals surface area contributed by atoms with Crippen LogP contribution in [0, 0.1) is 0 Å². The molecule has 1 aliphatic carbocycles. The van der Waals surface area contributed by atoms with Crippen molar-refractivity contribution < 1.29 is 8.42 Å². The van der Waals surface area contributed by atoms with Gasteiger partial charge in [-0.25, -0.2) is 13.1 Å². The van der Waals surface area contributed by atoms with Crippen LogP contribution in [-0.2, 0) is 15.8 Å². The molecule has 1 aliphatic rings. The van der Waals surface area contributed by atoms with Crippen LogP contribution >= 0.6 is 27.3 Å². The first-order valence-corrected chi connectivity index (χ1v) is 7.61. The Morgan fingerprint density at radius 1 is 1.57 bits per heavy atom. The number of halogens is 1. The third kappa shape index (κ3) is 2.79. The second-order valence-electron chi connectivity index (χ2n) is 3.34. The van der Waals surface area contributed by atoms with Crippen molar-refractivity contribution in [3.8, 4) is 0 Å². The molecule has 78 valence electrons. The van der Waals surface area contributed by atoms with Crippen molar-refractivity contribution in [3.05, 3.63) is 20.8 Å². The van der Waals surface area contributed by atoms with Gasteiger partial charge in [0.2, 0.25) is 10.0 Å². The SMILES string of the molecule is O=S(=O)(Cc1sccc1Br)NC1CC1. The highest BCUT2D eigenvalue weighted by Crippen LogP contribution is 2.26. The molecule has 0 radical (unpaired) electrons. The highest BCUT2D eigenvalue weighted by Gasteiger charge is 2.27. The Labute approximate surface area is 95.7 Å². The van der Waals surface area contributed by atoms with Crippen LogP contribution < -0.4 is 4.72 Å². The summed E-state index contributed by atoms with van der Waals surface area (Å²) < 4.78 is 26.7. The van der Waals surface area contributed by atoms with Gasteiger partial charge in [0.05, 0.1) is 5.75 Å². The molecule has 3 nitrogen and oxygen atoms in total. The Balaban J connectivity index is 2.05. The van der Waals surface area contributed by atoms with E-state index in [1.807, 2.05) is 11.4 Å². The summed E-state index contributed by atoms with van der Waals surface area (Å²) in [5, 5.41) is 1.88. The van der Waals surface area contributed by atoms with Crippen molar-refractivity contribution in [1.82, 2.24) is 4.72 Å². The lowest BCUT2D eigenvalue weighted by Gasteiger charge is -2.03. The molecule has 1 N–H and O–H groups in total. The molecular weight excluding hydrogens is 286 g/mol. The lowest BCUT2D eigenvalue weighted by Crippen LogP contribution is -2.26. The van der Waals surface area contributed by atoms with E-state index in [1.54, 1.807) is 0 Å². The molecule has 0 atom stereocenters. The smallest absolute Gasteiger partial charge is 0.212 e. The molecule has 0 saturated heterocycles. The molecule has 2 rings (SSSR count). The minimum absolute atomic E-state index is 0.0851. The van der Waals surface area contributed by atoms with Crippen LogP contribution in [0.25, 0.3) is 0 Å². The lowest BCUT2D eigenvalue weighted by molar-refractivity contribution is 0.580. The van der Waals surface area contributed by atoms with E-state index in [0.717, 1.165) is 22.2 Å². The predicted molar refractivity (Wildman–Crippen MR) is 60.8 cm³/mol. The van der Waals surface area contributed by atoms with Gasteiger partial charge in [0.25, 0.3) is 0 Å². The quantitative estimate of drug-likeness (QED) is 0.925. The van der Waals surface area contributed by atoms with Crippen molar-refractivity contribution in [2.45, 2.75) is 24.6 Å². The Morgan fingerprint density at radius 3 is 2.79 bits per heavy atom. The molecule has 1 fully saturated rings. The van der Waals surface area contributed by atoms with Gasteiger partial charge in [0.15, 0.2) is 0 Å². The molecule has 0 unspecified atom stereocenters. The minimum atomic E-state index is -3.13. The molecular formula is C8H10BrNO2S2. The summed E-state index contributed by atoms with van der Waals surface area (Å²) in [7, 11) is -3.13. The summed E-state index contributed by atoms with van der Waals surface area (Å²) in [6, 6.07) is 2.06. The zero-order valence-corrected chi connectivity index (χ0v) is 10.6. The molecule has 6 heteroatoms. The second-order valence-corrected chi connectivity index (χ2v) is 6.95. The zero-order chi connectivity index (χ0) is 10.2. The number of sulfonamides is 1. The average molecular weight is 296 g/mol. The zero-order valence-electron chi connectivity index (χ0n) is 7.36. The highest BCUT2D eigenvalue weighted by atomic mass is 79.9. The molecule has 0 aliphatic heterocycles. The van der Waals surface area contributed by atoms with Crippen molar-refractivity contribution >= 4 is 37.3 Å². The normalized spacial score (nSPS) is 17.2. The predicted octanol–water partition coefficient (Wildman–Crippen LogP) is 2.09. The Morgan fingerprint density at radius 2 is 2.29 bits per heavy atom. The molecule has 0 aromatic carbocycles. The number of rotatable bonds is 4. The summed E-state index contributed by atoms with van der Waals surface area (Å²) in [6.45, 7) is 0. The molecule has 0 bridgehead atoms. The maximum atomic E-state index is 11.6. The van der Waals surface area contributed by atoms with Crippen molar-refractivity contribution in [1.29, 1.82) is 0 Å². The Bertz CT molecular complexity index is 422. The van der Waals surface area contributed by atoms with Gasteiger partial charge in [-0.1, -0.05) is 0 Å². The average Bonchev–Trinajstić information content (AvgIpc) is 2.77. The first kappa shape index (κ1) is 10.6. The molecule has 0 spiro atoms. The maximum Gasteiger partial charge on any atom is 0.216 e. The monoisotopic (exact) mass is 295 g/mol. The molecule has 1 heterocycles. The van der Waals surface area contributed by atoms with E-state index in [9.17, 15) is 8.42 Å². The summed E-state index contributed by atoms with van der Waals surface area (Å²) in [5.74, 6) is 0.0851. The Hall–Kier alpha value is 0.0900. The summed E-state index contributed by atoms with van der Waals surface area (Å²) in [6.07, 6.45) is 1.95. The fourth-order valence-electron chi connectivity index (χ4n) is 1.10. The molecule has 0 amide bonds. The van der Waals surface area contributed by atoms with E-state index in [4.69, 9.17) is 0 Å². The van der Waals surface area contributed by atoms with Gasteiger partial charge in [0, 0.05) is 15.4 Å². The van der Waals surface area contributed by atoms with E-state index < -0.39 is 10.0 Å². The van der Waals surface area contributed by atoms with E-state index in [0.29, 0.717) is 0 Å². The van der Waals surface area contributed by atoms with Gasteiger partial charge < -0.3 is 0 Å². The summed E-state index contributed by atoms with van der Waals surface area (Å²) >= 11 is 4.78. The standard InChI is InChI=1S/C8H10BrNO2S2/c9-7-3-4-13-8(7)5-14(11,12)10-6-1-2-6/h3-4,6,10H,1-2,5H2. The van der Waals surface area contributed by atoms with Crippen LogP contribution in [0.4, 0.5) is 0 Å². The maximum absolute atomic E-state index is 11.6. The van der Waals surface area contributed by atoms with Gasteiger partial charge in [-0.2, -0.15) is 0 Å². The highest BCUT2D eigenvalue weighted by molar-refractivity contribution is 9.10. The summed E-state index contributed by atoms with van der Waals surface area (Å²) in [5.41, 5.74) is 0. The van der Waals surface area contributed by atoms with Gasteiger partial charge >= 0.3 is 0 Å². The largest absolute Gasteiger partial charge is 0.216 e. The molecule has 14 heavy (non-hydrogen) atoms. The van der Waals surface area contributed by atoms with Gasteiger partial charge in [-0.3, -0.25) is 0 Å². The van der Waals surface area contributed by atoms with E-state index in [1.165, 1.54) is 11.3 Å². The molecule has 1 aromatic heterocycles. The van der Waals surface area contributed by atoms with Gasteiger partial charge in [0.1, 0.15) is 0 Å². The molecule has 1 saturated carbocycles. The van der Waals surface area contributed by atoms with Gasteiger partial charge in [-0.05, 0) is 40.2 Å². The number of thiophene rings is 1. The fraction of sp³-hybridized carbons (Fsp3) is 0.500. The van der Waals surface area contributed by atoms with Crippen LogP contribution in [0.1, 0.15) is 17.7 Å². The van der Waals surface area contributed by atoms with Crippen LogP contribution in [0.5, 0.6) is 0 Å². The van der Waals surface area contributed by atoms with Crippen LogP contribution in [0.2, 0.25) is 0 Å². The van der Waals surface area contributed by atoms with E-state index in [2.05, 4.69) is 20.7 Å². The number of nitrogens with one attached hydrogen (secondary N) is 1. The second kappa shape index (κ2) is 3.92. The summed E-state index contributed by atoms with van der Waals surface area (Å²) in [4.78, 5) is 0.859. The van der Waals surface area contributed by atoms with Gasteiger partial charge in [-0.15, -0.1) is 11.3 Å².